The third-order valence-corrected chi connectivity index (χ3v) is 6.67. The van der Waals surface area contributed by atoms with Crippen LogP contribution in [-0.2, 0) is 22.6 Å². The molecule has 2 aliphatic heterocycles. The molecule has 8 heteroatoms. The molecule has 0 radical (unpaired) electrons. The summed E-state index contributed by atoms with van der Waals surface area (Å²) in [5, 5.41) is 3.16. The number of nitrogens with zero attached hydrogens (tertiary/aromatic N) is 3. The molecule has 184 valence electrons. The first-order valence-electron chi connectivity index (χ1n) is 12.0. The van der Waals surface area contributed by atoms with E-state index < -0.39 is 0 Å². The highest BCUT2D eigenvalue weighted by Crippen LogP contribution is 2.28. The summed E-state index contributed by atoms with van der Waals surface area (Å²) in [6.45, 7) is 7.60. The Kier molecular flexibility index (Phi) is 8.73. The number of piperidine rings is 1. The van der Waals surface area contributed by atoms with Crippen LogP contribution < -0.4 is 14.8 Å². The number of nitrogens with one attached hydrogen (secondary N) is 1. The second-order valence-electron chi connectivity index (χ2n) is 9.17. The fraction of sp³-hybridized carbons (Fsp3) is 0.538. The number of likely N-dealkylation sites (tertiary alicyclic amines) is 1. The van der Waals surface area contributed by atoms with Gasteiger partial charge in [-0.25, -0.2) is 0 Å². The van der Waals surface area contributed by atoms with E-state index in [1.807, 2.05) is 30.6 Å². The largest absolute Gasteiger partial charge is 0.493 e. The van der Waals surface area contributed by atoms with Crippen LogP contribution in [0.4, 0.5) is 0 Å². The van der Waals surface area contributed by atoms with E-state index in [1.54, 1.807) is 14.2 Å². The minimum Gasteiger partial charge on any atom is -0.493 e. The number of amides is 1. The molecule has 3 heterocycles. The Morgan fingerprint density at radius 3 is 2.53 bits per heavy atom. The zero-order valence-electron chi connectivity index (χ0n) is 20.2. The predicted octanol–water partition coefficient (Wildman–Crippen LogP) is 2.19. The van der Waals surface area contributed by atoms with Gasteiger partial charge in [0.2, 0.25) is 5.91 Å². The Labute approximate surface area is 202 Å². The van der Waals surface area contributed by atoms with Crippen molar-refractivity contribution in [1.82, 2.24) is 20.1 Å². The van der Waals surface area contributed by atoms with E-state index in [9.17, 15) is 4.79 Å². The van der Waals surface area contributed by atoms with E-state index in [-0.39, 0.29) is 11.8 Å². The molecular weight excluding hydrogens is 432 g/mol. The Hall–Kier alpha value is -2.68. The summed E-state index contributed by atoms with van der Waals surface area (Å²) in [6, 6.07) is 9.85. The van der Waals surface area contributed by atoms with Crippen LogP contribution in [0.15, 0.2) is 42.7 Å². The van der Waals surface area contributed by atoms with Gasteiger partial charge < -0.3 is 19.5 Å². The molecule has 1 aromatic carbocycles. The van der Waals surface area contributed by atoms with Crippen LogP contribution in [0, 0.1) is 11.8 Å². The highest BCUT2D eigenvalue weighted by atomic mass is 16.5. The summed E-state index contributed by atoms with van der Waals surface area (Å²) >= 11 is 0. The van der Waals surface area contributed by atoms with E-state index in [0.29, 0.717) is 24.0 Å². The zero-order valence-corrected chi connectivity index (χ0v) is 20.2. The van der Waals surface area contributed by atoms with Gasteiger partial charge in [0.25, 0.3) is 0 Å². The van der Waals surface area contributed by atoms with Crippen molar-refractivity contribution in [2.75, 3.05) is 60.2 Å². The highest BCUT2D eigenvalue weighted by molar-refractivity contribution is 5.79. The standard InChI is InChI=1S/C26H36N4O4/c1-32-24-4-3-21(14-25(24)33-2)15-28-26(31)23-13-22(17-29-9-11-34-12-10-29)18-30(19-23)16-20-5-7-27-8-6-20/h3-8,14,22-23H,9-13,15-19H2,1-2H3,(H,28,31)/t22-,23-/m1/s1. The molecule has 0 aliphatic carbocycles. The Morgan fingerprint density at radius 1 is 1.03 bits per heavy atom. The van der Waals surface area contributed by atoms with Crippen molar-refractivity contribution in [3.63, 3.8) is 0 Å². The van der Waals surface area contributed by atoms with Crippen LogP contribution in [0.3, 0.4) is 0 Å². The molecule has 1 aromatic heterocycles. The monoisotopic (exact) mass is 468 g/mol. The Bertz CT molecular complexity index is 920. The Morgan fingerprint density at radius 2 is 1.79 bits per heavy atom. The van der Waals surface area contributed by atoms with E-state index >= 15 is 0 Å². The summed E-state index contributed by atoms with van der Waals surface area (Å²) in [4.78, 5) is 22.3. The lowest BCUT2D eigenvalue weighted by Gasteiger charge is -2.40. The summed E-state index contributed by atoms with van der Waals surface area (Å²) in [7, 11) is 3.24. The summed E-state index contributed by atoms with van der Waals surface area (Å²) in [5.41, 5.74) is 2.21. The average molecular weight is 469 g/mol. The number of hydrogen-bond acceptors (Lipinski definition) is 7. The number of aromatic nitrogens is 1. The summed E-state index contributed by atoms with van der Waals surface area (Å²) < 4.78 is 16.2. The van der Waals surface area contributed by atoms with Crippen LogP contribution >= 0.6 is 0 Å². The van der Waals surface area contributed by atoms with Crippen LogP contribution in [0.25, 0.3) is 0 Å². The van der Waals surface area contributed by atoms with E-state index in [0.717, 1.165) is 64.5 Å². The molecular formula is C26H36N4O4. The van der Waals surface area contributed by atoms with Crippen molar-refractivity contribution in [2.45, 2.75) is 19.5 Å². The van der Waals surface area contributed by atoms with E-state index in [1.165, 1.54) is 5.56 Å². The smallest absolute Gasteiger partial charge is 0.224 e. The fourth-order valence-electron chi connectivity index (χ4n) is 4.97. The second kappa shape index (κ2) is 12.1. The van der Waals surface area contributed by atoms with Gasteiger partial charge in [-0.1, -0.05) is 6.07 Å². The van der Waals surface area contributed by atoms with Crippen LogP contribution in [0.5, 0.6) is 11.5 Å². The predicted molar refractivity (Wildman–Crippen MR) is 130 cm³/mol. The lowest BCUT2D eigenvalue weighted by Crippen LogP contribution is -2.49. The van der Waals surface area contributed by atoms with Gasteiger partial charge in [-0.05, 0) is 47.7 Å². The first-order valence-corrected chi connectivity index (χ1v) is 12.0. The van der Waals surface area contributed by atoms with E-state index in [4.69, 9.17) is 14.2 Å². The van der Waals surface area contributed by atoms with Crippen molar-refractivity contribution >= 4 is 5.91 Å². The summed E-state index contributed by atoms with van der Waals surface area (Å²) in [6.07, 6.45) is 4.57. The maximum atomic E-state index is 13.2. The van der Waals surface area contributed by atoms with Crippen LogP contribution in [0.2, 0.25) is 0 Å². The number of morpholine rings is 1. The third kappa shape index (κ3) is 6.68. The number of hydrogen-bond donors (Lipinski definition) is 1. The third-order valence-electron chi connectivity index (χ3n) is 6.67. The average Bonchev–Trinajstić information content (AvgIpc) is 2.88. The highest BCUT2D eigenvalue weighted by Gasteiger charge is 2.32. The molecule has 0 unspecified atom stereocenters. The molecule has 2 atom stereocenters. The van der Waals surface area contributed by atoms with Gasteiger partial charge in [0.05, 0.1) is 33.4 Å². The van der Waals surface area contributed by atoms with Crippen molar-refractivity contribution in [3.8, 4) is 11.5 Å². The van der Waals surface area contributed by atoms with Crippen molar-refractivity contribution in [2.24, 2.45) is 11.8 Å². The molecule has 2 saturated heterocycles. The molecule has 2 fully saturated rings. The maximum absolute atomic E-state index is 13.2. The normalized spacial score (nSPS) is 21.7. The minimum absolute atomic E-state index is 0.0400. The molecule has 2 aliphatic rings. The van der Waals surface area contributed by atoms with Gasteiger partial charge in [0, 0.05) is 58.2 Å². The Balaban J connectivity index is 1.39. The number of carbonyl (C=O) groups excluding carboxylic acids is 1. The van der Waals surface area contributed by atoms with Gasteiger partial charge in [-0.2, -0.15) is 0 Å². The first kappa shape index (κ1) is 24.4. The van der Waals surface area contributed by atoms with Crippen molar-refractivity contribution in [3.05, 3.63) is 53.9 Å². The van der Waals surface area contributed by atoms with Gasteiger partial charge in [0.1, 0.15) is 0 Å². The number of carbonyl (C=O) groups is 1. The molecule has 1 N–H and O–H groups in total. The van der Waals surface area contributed by atoms with Gasteiger partial charge >= 0.3 is 0 Å². The zero-order chi connectivity index (χ0) is 23.8. The number of pyridine rings is 1. The second-order valence-corrected chi connectivity index (χ2v) is 9.17. The topological polar surface area (TPSA) is 76.2 Å². The molecule has 8 nitrogen and oxygen atoms in total. The van der Waals surface area contributed by atoms with Crippen LogP contribution in [0.1, 0.15) is 17.5 Å². The fourth-order valence-corrected chi connectivity index (χ4v) is 4.97. The number of benzene rings is 1. The lowest BCUT2D eigenvalue weighted by molar-refractivity contribution is -0.128. The van der Waals surface area contributed by atoms with Gasteiger partial charge in [0.15, 0.2) is 11.5 Å². The van der Waals surface area contributed by atoms with Crippen molar-refractivity contribution in [1.29, 1.82) is 0 Å². The van der Waals surface area contributed by atoms with Gasteiger partial charge in [-0.3, -0.25) is 19.6 Å². The van der Waals surface area contributed by atoms with Gasteiger partial charge in [-0.15, -0.1) is 0 Å². The first-order chi connectivity index (χ1) is 16.6. The SMILES string of the molecule is COc1ccc(CNC(=O)[C@@H]2C[C@H](CN3CCOCC3)CN(Cc3ccncc3)C2)cc1OC. The molecule has 0 saturated carbocycles. The number of ether oxygens (including phenoxy) is 3. The molecule has 0 bridgehead atoms. The van der Waals surface area contributed by atoms with Crippen molar-refractivity contribution < 1.29 is 19.0 Å². The molecule has 1 amide bonds. The molecule has 4 rings (SSSR count). The van der Waals surface area contributed by atoms with E-state index in [2.05, 4.69) is 32.2 Å². The molecule has 2 aromatic rings. The maximum Gasteiger partial charge on any atom is 0.224 e. The lowest BCUT2D eigenvalue weighted by atomic mass is 9.87. The minimum atomic E-state index is -0.0400. The summed E-state index contributed by atoms with van der Waals surface area (Å²) in [5.74, 6) is 1.87. The molecule has 0 spiro atoms. The quantitative estimate of drug-likeness (QED) is 0.605. The number of rotatable bonds is 9. The molecule has 34 heavy (non-hydrogen) atoms. The number of methoxy groups -OCH3 is 2. The van der Waals surface area contributed by atoms with Crippen LogP contribution in [-0.4, -0.2) is 80.8 Å².